The smallest absolute Gasteiger partial charge is 0.328 e. The highest BCUT2D eigenvalue weighted by atomic mass is 32.1. The van der Waals surface area contributed by atoms with Gasteiger partial charge in [0, 0.05) is 10.9 Å². The van der Waals surface area contributed by atoms with Gasteiger partial charge < -0.3 is 9.47 Å². The molecule has 1 aromatic heterocycles. The maximum atomic E-state index is 12.0. The summed E-state index contributed by atoms with van der Waals surface area (Å²) in [6.45, 7) is 3.42. The van der Waals surface area contributed by atoms with Crippen molar-refractivity contribution in [3.8, 4) is 0 Å². The fraction of sp³-hybridized carbons (Fsp3) is 0.417. The lowest BCUT2D eigenvalue weighted by molar-refractivity contribution is -0.158. The summed E-state index contributed by atoms with van der Waals surface area (Å²) in [7, 11) is 0. The molecule has 0 aliphatic heterocycles. The predicted molar refractivity (Wildman–Crippen MR) is 65.4 cm³/mol. The molecule has 0 fully saturated rings. The van der Waals surface area contributed by atoms with Gasteiger partial charge in [-0.3, -0.25) is 14.4 Å². The van der Waals surface area contributed by atoms with Gasteiger partial charge >= 0.3 is 11.9 Å². The van der Waals surface area contributed by atoms with E-state index in [0.717, 1.165) is 0 Å². The summed E-state index contributed by atoms with van der Waals surface area (Å²) in [5, 5.41) is 3.27. The van der Waals surface area contributed by atoms with Crippen molar-refractivity contribution < 1.29 is 23.9 Å². The van der Waals surface area contributed by atoms with E-state index in [9.17, 15) is 14.4 Å². The first-order chi connectivity index (χ1) is 8.61. The Balaban J connectivity index is 2.93. The number of hydrogen-bond acceptors (Lipinski definition) is 6. The lowest BCUT2D eigenvalue weighted by Gasteiger charge is -2.12. The summed E-state index contributed by atoms with van der Waals surface area (Å²) < 4.78 is 9.47. The van der Waals surface area contributed by atoms with Gasteiger partial charge in [-0.1, -0.05) is 0 Å². The van der Waals surface area contributed by atoms with Gasteiger partial charge in [0.15, 0.2) is 5.78 Å². The summed E-state index contributed by atoms with van der Waals surface area (Å²) in [5.41, 5.74) is 0.311. The summed E-state index contributed by atoms with van der Waals surface area (Å²) in [4.78, 5) is 35.4. The monoisotopic (exact) mass is 270 g/mol. The Morgan fingerprint density at radius 3 is 2.11 bits per heavy atom. The number of rotatable bonds is 6. The Hall–Kier alpha value is -1.69. The van der Waals surface area contributed by atoms with Gasteiger partial charge in [0.2, 0.25) is 5.92 Å². The van der Waals surface area contributed by atoms with Crippen LogP contribution in [0, 0.1) is 5.92 Å². The number of carbonyl (C=O) groups is 3. The van der Waals surface area contributed by atoms with Crippen LogP contribution in [0.5, 0.6) is 0 Å². The summed E-state index contributed by atoms with van der Waals surface area (Å²) in [6, 6.07) is 1.55. The minimum atomic E-state index is -1.53. The SMILES string of the molecule is CCOC(=O)C(C(=O)OCC)C(=O)c1ccsc1. The fourth-order valence-corrected chi connectivity index (χ4v) is 1.98. The molecule has 1 aromatic rings. The molecule has 0 spiro atoms. The first-order valence-electron chi connectivity index (χ1n) is 5.51. The highest BCUT2D eigenvalue weighted by Gasteiger charge is 2.37. The first-order valence-corrected chi connectivity index (χ1v) is 6.45. The predicted octanol–water partition coefficient (Wildman–Crippen LogP) is 1.67. The number of Topliss-reactive ketones (excluding diaryl/α,β-unsaturated/α-hetero) is 1. The minimum Gasteiger partial charge on any atom is -0.465 e. The average Bonchev–Trinajstić information content (AvgIpc) is 2.83. The van der Waals surface area contributed by atoms with E-state index in [-0.39, 0.29) is 13.2 Å². The average molecular weight is 270 g/mol. The zero-order valence-corrected chi connectivity index (χ0v) is 11.0. The van der Waals surface area contributed by atoms with Crippen LogP contribution >= 0.6 is 11.3 Å². The standard InChI is InChI=1S/C12H14O5S/c1-3-16-11(14)9(12(15)17-4-2)10(13)8-5-6-18-7-8/h5-7,9H,3-4H2,1-2H3. The van der Waals surface area contributed by atoms with E-state index in [1.165, 1.54) is 11.3 Å². The summed E-state index contributed by atoms with van der Waals surface area (Å²) in [6.07, 6.45) is 0. The molecule has 0 atom stereocenters. The quantitative estimate of drug-likeness (QED) is 0.447. The third-order valence-corrected chi connectivity index (χ3v) is 2.80. The van der Waals surface area contributed by atoms with Gasteiger partial charge in [-0.25, -0.2) is 0 Å². The van der Waals surface area contributed by atoms with E-state index < -0.39 is 23.6 Å². The first kappa shape index (κ1) is 14.4. The Kier molecular flexibility index (Phi) is 5.51. The number of esters is 2. The molecule has 18 heavy (non-hydrogen) atoms. The molecule has 0 unspecified atom stereocenters. The van der Waals surface area contributed by atoms with Crippen molar-refractivity contribution >= 4 is 29.1 Å². The second-order valence-electron chi connectivity index (χ2n) is 3.31. The van der Waals surface area contributed by atoms with Gasteiger partial charge in [-0.2, -0.15) is 11.3 Å². The molecule has 0 radical (unpaired) electrons. The molecule has 5 nitrogen and oxygen atoms in total. The van der Waals surface area contributed by atoms with E-state index >= 15 is 0 Å². The van der Waals surface area contributed by atoms with Crippen LogP contribution in [0.25, 0.3) is 0 Å². The fourth-order valence-electron chi connectivity index (χ4n) is 1.33. The molecule has 1 rings (SSSR count). The topological polar surface area (TPSA) is 69.7 Å². The van der Waals surface area contributed by atoms with Crippen molar-refractivity contribution in [2.75, 3.05) is 13.2 Å². The van der Waals surface area contributed by atoms with Crippen molar-refractivity contribution in [3.63, 3.8) is 0 Å². The van der Waals surface area contributed by atoms with Crippen LogP contribution in [0.15, 0.2) is 16.8 Å². The summed E-state index contributed by atoms with van der Waals surface area (Å²) in [5.74, 6) is -3.85. The van der Waals surface area contributed by atoms with Crippen LogP contribution in [0.3, 0.4) is 0 Å². The zero-order valence-electron chi connectivity index (χ0n) is 10.2. The second-order valence-corrected chi connectivity index (χ2v) is 4.09. The van der Waals surface area contributed by atoms with Crippen molar-refractivity contribution in [2.45, 2.75) is 13.8 Å². The van der Waals surface area contributed by atoms with E-state index in [2.05, 4.69) is 0 Å². The van der Waals surface area contributed by atoms with Gasteiger partial charge in [0.1, 0.15) is 0 Å². The van der Waals surface area contributed by atoms with Crippen LogP contribution in [0.4, 0.5) is 0 Å². The summed E-state index contributed by atoms with van der Waals surface area (Å²) >= 11 is 1.31. The largest absolute Gasteiger partial charge is 0.465 e. The minimum absolute atomic E-state index is 0.103. The molecule has 0 aliphatic carbocycles. The van der Waals surface area contributed by atoms with Crippen LogP contribution in [0.2, 0.25) is 0 Å². The van der Waals surface area contributed by atoms with E-state index in [1.54, 1.807) is 30.7 Å². The Morgan fingerprint density at radius 1 is 1.17 bits per heavy atom. The molecule has 0 bridgehead atoms. The normalized spacial score (nSPS) is 10.2. The lowest BCUT2D eigenvalue weighted by atomic mass is 10.00. The van der Waals surface area contributed by atoms with Crippen LogP contribution in [0.1, 0.15) is 24.2 Å². The van der Waals surface area contributed by atoms with Gasteiger partial charge in [0.25, 0.3) is 0 Å². The van der Waals surface area contributed by atoms with Crippen LogP contribution < -0.4 is 0 Å². The Bertz CT molecular complexity index is 406. The molecule has 0 saturated heterocycles. The maximum Gasteiger partial charge on any atom is 0.328 e. The van der Waals surface area contributed by atoms with Gasteiger partial charge in [-0.15, -0.1) is 0 Å². The van der Waals surface area contributed by atoms with E-state index in [0.29, 0.717) is 5.56 Å². The van der Waals surface area contributed by atoms with Crippen molar-refractivity contribution in [2.24, 2.45) is 5.92 Å². The molecule has 6 heteroatoms. The molecule has 98 valence electrons. The maximum absolute atomic E-state index is 12.0. The molecule has 0 aliphatic rings. The third-order valence-electron chi connectivity index (χ3n) is 2.11. The lowest BCUT2D eigenvalue weighted by Crippen LogP contribution is -2.34. The molecular weight excluding hydrogens is 256 g/mol. The highest BCUT2D eigenvalue weighted by Crippen LogP contribution is 2.15. The number of ketones is 1. The Labute approximate surface area is 109 Å². The number of ether oxygens (including phenoxy) is 2. The number of carbonyl (C=O) groups excluding carboxylic acids is 3. The van der Waals surface area contributed by atoms with Crippen LogP contribution in [-0.4, -0.2) is 30.9 Å². The van der Waals surface area contributed by atoms with Gasteiger partial charge in [-0.05, 0) is 25.3 Å². The molecular formula is C12H14O5S. The molecule has 0 amide bonds. The number of hydrogen-bond donors (Lipinski definition) is 0. The molecule has 0 aromatic carbocycles. The molecule has 1 heterocycles. The molecule has 0 saturated carbocycles. The second kappa shape index (κ2) is 6.90. The number of thiophene rings is 1. The highest BCUT2D eigenvalue weighted by molar-refractivity contribution is 7.08. The van der Waals surface area contributed by atoms with Gasteiger partial charge in [0.05, 0.1) is 13.2 Å². The van der Waals surface area contributed by atoms with Crippen molar-refractivity contribution in [1.82, 2.24) is 0 Å². The third kappa shape index (κ3) is 3.40. The van der Waals surface area contributed by atoms with E-state index in [1.807, 2.05) is 0 Å². The van der Waals surface area contributed by atoms with Crippen molar-refractivity contribution in [3.05, 3.63) is 22.4 Å². The van der Waals surface area contributed by atoms with Crippen LogP contribution in [-0.2, 0) is 19.1 Å². The van der Waals surface area contributed by atoms with E-state index in [4.69, 9.17) is 9.47 Å². The Morgan fingerprint density at radius 2 is 1.72 bits per heavy atom. The van der Waals surface area contributed by atoms with Crippen molar-refractivity contribution in [1.29, 1.82) is 0 Å². The zero-order chi connectivity index (χ0) is 13.5. The molecule has 0 N–H and O–H groups in total.